The zero-order chi connectivity index (χ0) is 26.6. The van der Waals surface area contributed by atoms with Gasteiger partial charge < -0.3 is 19.0 Å². The largest absolute Gasteiger partial charge is 0.440 e. The second-order valence-electron chi connectivity index (χ2n) is 9.16. The van der Waals surface area contributed by atoms with Gasteiger partial charge >= 0.3 is 0 Å². The van der Waals surface area contributed by atoms with Gasteiger partial charge in [-0.3, -0.25) is 0 Å². The van der Waals surface area contributed by atoms with Crippen molar-refractivity contribution < 1.29 is 27.4 Å². The average molecular weight is 556 g/mol. The Morgan fingerprint density at radius 3 is 2.47 bits per heavy atom. The van der Waals surface area contributed by atoms with Gasteiger partial charge in [-0.05, 0) is 30.7 Å². The van der Waals surface area contributed by atoms with Gasteiger partial charge in [0.1, 0.15) is 16.3 Å². The minimum absolute atomic E-state index is 0.0357. The standard InChI is InChI=1S/C27H29N3O6S2/c28-38(32,33)22-10-8-20(9-11-22)25-24(19-5-2-1-3-6-19)30-23(36-25)7-4-14-35-17-21-18-37-26(29-21)27(31)12-15-34-16-13-27/h1-3,5-6,8-11,18,31H,4,7,12-17H2,(H2,28,32,33). The molecule has 0 bridgehead atoms. The van der Waals surface area contributed by atoms with Crippen molar-refractivity contribution in [2.75, 3.05) is 19.8 Å². The van der Waals surface area contributed by atoms with Crippen LogP contribution in [0.25, 0.3) is 22.6 Å². The van der Waals surface area contributed by atoms with E-state index < -0.39 is 15.6 Å². The van der Waals surface area contributed by atoms with Crippen LogP contribution < -0.4 is 5.14 Å². The highest BCUT2D eigenvalue weighted by molar-refractivity contribution is 7.89. The molecule has 0 radical (unpaired) electrons. The molecule has 200 valence electrons. The van der Waals surface area contributed by atoms with Gasteiger partial charge in [-0.2, -0.15) is 0 Å². The predicted molar refractivity (Wildman–Crippen MR) is 143 cm³/mol. The van der Waals surface area contributed by atoms with E-state index in [-0.39, 0.29) is 4.90 Å². The van der Waals surface area contributed by atoms with Crippen molar-refractivity contribution in [1.29, 1.82) is 0 Å². The van der Waals surface area contributed by atoms with Crippen LogP contribution in [0, 0.1) is 0 Å². The normalized spacial score (nSPS) is 15.5. The summed E-state index contributed by atoms with van der Waals surface area (Å²) in [6.45, 7) is 1.94. The zero-order valence-electron chi connectivity index (χ0n) is 20.7. The smallest absolute Gasteiger partial charge is 0.238 e. The fourth-order valence-corrected chi connectivity index (χ4v) is 5.74. The molecule has 0 amide bonds. The van der Waals surface area contributed by atoms with Gasteiger partial charge in [0.05, 0.1) is 17.2 Å². The number of sulfonamides is 1. The number of hydrogen-bond acceptors (Lipinski definition) is 9. The highest BCUT2D eigenvalue weighted by atomic mass is 32.2. The summed E-state index contributed by atoms with van der Waals surface area (Å²) in [5.41, 5.74) is 2.19. The van der Waals surface area contributed by atoms with Crippen LogP contribution in [0.5, 0.6) is 0 Å². The Morgan fingerprint density at radius 1 is 1.03 bits per heavy atom. The molecule has 1 aliphatic heterocycles. The molecule has 9 nitrogen and oxygen atoms in total. The second kappa shape index (κ2) is 11.4. The van der Waals surface area contributed by atoms with Gasteiger partial charge in [0.2, 0.25) is 10.0 Å². The number of thiazole rings is 1. The lowest BCUT2D eigenvalue weighted by molar-refractivity contribution is -0.0681. The molecule has 3 N–H and O–H groups in total. The first-order valence-electron chi connectivity index (χ1n) is 12.3. The number of ether oxygens (including phenoxy) is 2. The molecule has 1 saturated heterocycles. The number of nitrogens with two attached hydrogens (primary N) is 1. The van der Waals surface area contributed by atoms with E-state index in [1.807, 2.05) is 35.7 Å². The molecule has 0 saturated carbocycles. The lowest BCUT2D eigenvalue weighted by Crippen LogP contribution is -2.33. The lowest BCUT2D eigenvalue weighted by Gasteiger charge is -2.29. The number of rotatable bonds is 10. The number of primary sulfonamides is 1. The Morgan fingerprint density at radius 2 is 1.76 bits per heavy atom. The summed E-state index contributed by atoms with van der Waals surface area (Å²) in [7, 11) is -3.79. The molecule has 0 unspecified atom stereocenters. The number of hydrogen-bond donors (Lipinski definition) is 2. The summed E-state index contributed by atoms with van der Waals surface area (Å²) in [5.74, 6) is 1.13. The van der Waals surface area contributed by atoms with Crippen molar-refractivity contribution in [3.8, 4) is 22.6 Å². The van der Waals surface area contributed by atoms with Gasteiger partial charge in [-0.25, -0.2) is 23.5 Å². The fraction of sp³-hybridized carbons (Fsp3) is 0.333. The molecular weight excluding hydrogens is 526 g/mol. The molecule has 1 fully saturated rings. The summed E-state index contributed by atoms with van der Waals surface area (Å²) < 4.78 is 40.6. The first kappa shape index (κ1) is 26.7. The van der Waals surface area contributed by atoms with E-state index in [0.29, 0.717) is 75.0 Å². The van der Waals surface area contributed by atoms with Gasteiger partial charge in [0.25, 0.3) is 0 Å². The van der Waals surface area contributed by atoms with Crippen molar-refractivity contribution in [2.24, 2.45) is 5.14 Å². The Balaban J connectivity index is 1.22. The van der Waals surface area contributed by atoms with E-state index in [4.69, 9.17) is 24.0 Å². The lowest BCUT2D eigenvalue weighted by atomic mass is 9.95. The fourth-order valence-electron chi connectivity index (χ4n) is 4.27. The molecule has 3 heterocycles. The van der Waals surface area contributed by atoms with Gasteiger partial charge in [0.15, 0.2) is 11.7 Å². The Hall–Kier alpha value is -2.93. The summed E-state index contributed by atoms with van der Waals surface area (Å²) >= 11 is 1.46. The summed E-state index contributed by atoms with van der Waals surface area (Å²) in [6.07, 6.45) is 2.37. The summed E-state index contributed by atoms with van der Waals surface area (Å²) in [5, 5.41) is 18.7. The first-order chi connectivity index (χ1) is 18.3. The number of benzene rings is 2. The monoisotopic (exact) mass is 555 g/mol. The van der Waals surface area contributed by atoms with Crippen LogP contribution in [-0.2, 0) is 38.1 Å². The van der Waals surface area contributed by atoms with Crippen LogP contribution in [0.2, 0.25) is 0 Å². The van der Waals surface area contributed by atoms with Crippen LogP contribution in [-0.4, -0.2) is 43.3 Å². The maximum atomic E-state index is 11.6. The highest BCUT2D eigenvalue weighted by Crippen LogP contribution is 2.35. The molecule has 0 atom stereocenters. The molecule has 0 spiro atoms. The summed E-state index contributed by atoms with van der Waals surface area (Å²) in [6, 6.07) is 15.9. The van der Waals surface area contributed by atoms with Crippen LogP contribution in [0.15, 0.2) is 69.3 Å². The summed E-state index contributed by atoms with van der Waals surface area (Å²) in [4.78, 5) is 9.34. The van der Waals surface area contributed by atoms with Crippen molar-refractivity contribution in [2.45, 2.75) is 42.8 Å². The zero-order valence-corrected chi connectivity index (χ0v) is 22.3. The van der Waals surface area contributed by atoms with E-state index in [2.05, 4.69) is 4.98 Å². The average Bonchev–Trinajstić information content (AvgIpc) is 3.57. The Kier molecular flexibility index (Phi) is 8.03. The van der Waals surface area contributed by atoms with Gasteiger partial charge in [-0.1, -0.05) is 30.3 Å². The Labute approximate surface area is 225 Å². The van der Waals surface area contributed by atoms with Crippen molar-refractivity contribution in [1.82, 2.24) is 9.97 Å². The molecule has 1 aliphatic rings. The quantitative estimate of drug-likeness (QED) is 0.277. The van der Waals surface area contributed by atoms with E-state index in [0.717, 1.165) is 16.3 Å². The van der Waals surface area contributed by atoms with Crippen molar-refractivity contribution >= 4 is 21.4 Å². The third kappa shape index (κ3) is 6.20. The number of nitrogens with zero attached hydrogens (tertiary/aromatic N) is 2. The molecular formula is C27H29N3O6S2. The molecule has 5 rings (SSSR count). The minimum atomic E-state index is -3.79. The molecule has 11 heteroatoms. The van der Waals surface area contributed by atoms with Crippen molar-refractivity contribution in [3.63, 3.8) is 0 Å². The van der Waals surface area contributed by atoms with Crippen LogP contribution in [0.1, 0.15) is 35.9 Å². The van der Waals surface area contributed by atoms with Gasteiger partial charge in [-0.15, -0.1) is 11.3 Å². The number of aryl methyl sites for hydroxylation is 1. The predicted octanol–water partition coefficient (Wildman–Crippen LogP) is 4.26. The van der Waals surface area contributed by atoms with Crippen LogP contribution in [0.3, 0.4) is 0 Å². The van der Waals surface area contributed by atoms with E-state index in [1.54, 1.807) is 12.1 Å². The van der Waals surface area contributed by atoms with E-state index >= 15 is 0 Å². The van der Waals surface area contributed by atoms with Crippen molar-refractivity contribution in [3.05, 3.63) is 76.6 Å². The number of aromatic nitrogens is 2. The van der Waals surface area contributed by atoms with Crippen LogP contribution >= 0.6 is 11.3 Å². The van der Waals surface area contributed by atoms with Gasteiger partial charge in [0, 0.05) is 55.6 Å². The third-order valence-corrected chi connectivity index (χ3v) is 8.38. The minimum Gasteiger partial charge on any atom is -0.440 e. The topological polar surface area (TPSA) is 138 Å². The third-order valence-electron chi connectivity index (χ3n) is 6.36. The molecule has 2 aromatic carbocycles. The molecule has 38 heavy (non-hydrogen) atoms. The second-order valence-corrected chi connectivity index (χ2v) is 11.6. The molecule has 0 aliphatic carbocycles. The number of oxazole rings is 1. The highest BCUT2D eigenvalue weighted by Gasteiger charge is 2.34. The maximum absolute atomic E-state index is 11.6. The van der Waals surface area contributed by atoms with E-state index in [9.17, 15) is 13.5 Å². The first-order valence-corrected chi connectivity index (χ1v) is 14.8. The SMILES string of the molecule is NS(=O)(=O)c1ccc(-c2oc(CCCOCc3csc(C4(O)CCOCC4)n3)nc2-c2ccccc2)cc1. The van der Waals surface area contributed by atoms with E-state index in [1.165, 1.54) is 23.5 Å². The molecule has 2 aromatic heterocycles. The molecule has 4 aromatic rings. The number of aliphatic hydroxyl groups is 1. The van der Waals surface area contributed by atoms with Crippen LogP contribution in [0.4, 0.5) is 0 Å². The Bertz CT molecular complexity index is 1460. The maximum Gasteiger partial charge on any atom is 0.238 e.